The molecule has 0 spiro atoms. The fraction of sp³-hybridized carbons (Fsp3) is 0.308. The molecule has 2 rings (SSSR count). The molecule has 1 aromatic rings. The molecule has 0 aromatic heterocycles. The highest BCUT2D eigenvalue weighted by Crippen LogP contribution is 2.30. The number of carbonyl (C=O) groups is 1. The quantitative estimate of drug-likeness (QED) is 0.772. The van der Waals surface area contributed by atoms with Gasteiger partial charge in [0.2, 0.25) is 0 Å². The number of hydrogen-bond donors (Lipinski definition) is 0. The summed E-state index contributed by atoms with van der Waals surface area (Å²) in [6.45, 7) is 4.29. The van der Waals surface area contributed by atoms with Crippen molar-refractivity contribution < 1.29 is 4.79 Å². The predicted molar refractivity (Wildman–Crippen MR) is 73.4 cm³/mol. The zero-order chi connectivity index (χ0) is 12.4. The van der Waals surface area contributed by atoms with Crippen molar-refractivity contribution in [2.24, 2.45) is 0 Å². The summed E-state index contributed by atoms with van der Waals surface area (Å²) in [5, 5.41) is 0.620. The van der Waals surface area contributed by atoms with Crippen molar-refractivity contribution in [1.82, 2.24) is 4.90 Å². The minimum Gasteiger partial charge on any atom is -0.332 e. The SMILES string of the molecule is C=CCN(C(=O)c1ccc(Cl)cc1Br)C1CC1. The maximum Gasteiger partial charge on any atom is 0.255 e. The van der Waals surface area contributed by atoms with Gasteiger partial charge in [0, 0.05) is 22.1 Å². The third kappa shape index (κ3) is 2.90. The molecule has 0 saturated heterocycles. The molecule has 0 unspecified atom stereocenters. The van der Waals surface area contributed by atoms with Crippen LogP contribution in [0.4, 0.5) is 0 Å². The summed E-state index contributed by atoms with van der Waals surface area (Å²) in [4.78, 5) is 14.2. The Kier molecular flexibility index (Phi) is 3.89. The van der Waals surface area contributed by atoms with Crippen LogP contribution in [0, 0.1) is 0 Å². The van der Waals surface area contributed by atoms with E-state index in [0.717, 1.165) is 17.3 Å². The zero-order valence-electron chi connectivity index (χ0n) is 9.33. The molecule has 4 heteroatoms. The standard InChI is InChI=1S/C13H13BrClNO/c1-2-7-16(10-4-5-10)13(17)11-6-3-9(15)8-12(11)14/h2-3,6,8,10H,1,4-5,7H2. The van der Waals surface area contributed by atoms with Gasteiger partial charge in [-0.3, -0.25) is 4.79 Å². The molecule has 0 heterocycles. The van der Waals surface area contributed by atoms with Crippen molar-refractivity contribution in [2.45, 2.75) is 18.9 Å². The summed E-state index contributed by atoms with van der Waals surface area (Å²) in [5.41, 5.74) is 0.656. The number of benzene rings is 1. The number of halogens is 2. The fourth-order valence-corrected chi connectivity index (χ4v) is 2.59. The third-order valence-electron chi connectivity index (χ3n) is 2.74. The topological polar surface area (TPSA) is 20.3 Å². The van der Waals surface area contributed by atoms with Crippen LogP contribution >= 0.6 is 27.5 Å². The molecule has 1 saturated carbocycles. The molecule has 0 N–H and O–H groups in total. The van der Waals surface area contributed by atoms with Crippen molar-refractivity contribution in [3.8, 4) is 0 Å². The number of amides is 1. The van der Waals surface area contributed by atoms with Crippen LogP contribution in [0.1, 0.15) is 23.2 Å². The Morgan fingerprint density at radius 1 is 1.59 bits per heavy atom. The van der Waals surface area contributed by atoms with Crippen molar-refractivity contribution >= 4 is 33.4 Å². The molecule has 1 aliphatic carbocycles. The summed E-state index contributed by atoms with van der Waals surface area (Å²) in [5.74, 6) is 0.0379. The Balaban J connectivity index is 2.24. The third-order valence-corrected chi connectivity index (χ3v) is 3.63. The Morgan fingerprint density at radius 2 is 2.29 bits per heavy atom. The average Bonchev–Trinajstić information content (AvgIpc) is 3.09. The van der Waals surface area contributed by atoms with Crippen LogP contribution in [0.25, 0.3) is 0 Å². The van der Waals surface area contributed by atoms with Crippen molar-refractivity contribution in [1.29, 1.82) is 0 Å². The maximum absolute atomic E-state index is 12.4. The lowest BCUT2D eigenvalue weighted by Gasteiger charge is -2.21. The number of carbonyl (C=O) groups excluding carboxylic acids is 1. The van der Waals surface area contributed by atoms with Gasteiger partial charge >= 0.3 is 0 Å². The molecular formula is C13H13BrClNO. The van der Waals surface area contributed by atoms with E-state index in [1.807, 2.05) is 4.90 Å². The van der Waals surface area contributed by atoms with Gasteiger partial charge in [-0.2, -0.15) is 0 Å². The number of nitrogens with zero attached hydrogens (tertiary/aromatic N) is 1. The molecule has 1 fully saturated rings. The minimum atomic E-state index is 0.0379. The Labute approximate surface area is 114 Å². The van der Waals surface area contributed by atoms with Gasteiger partial charge in [0.1, 0.15) is 0 Å². The molecule has 1 amide bonds. The lowest BCUT2D eigenvalue weighted by atomic mass is 10.2. The predicted octanol–water partition coefficient (Wildman–Crippen LogP) is 3.89. The number of rotatable bonds is 4. The highest BCUT2D eigenvalue weighted by Gasteiger charge is 2.32. The highest BCUT2D eigenvalue weighted by atomic mass is 79.9. The summed E-state index contributed by atoms with van der Waals surface area (Å²) in [6.07, 6.45) is 3.94. The molecule has 17 heavy (non-hydrogen) atoms. The van der Waals surface area contributed by atoms with Crippen LogP contribution < -0.4 is 0 Å². The van der Waals surface area contributed by atoms with E-state index in [0.29, 0.717) is 23.2 Å². The zero-order valence-corrected chi connectivity index (χ0v) is 11.7. The fourth-order valence-electron chi connectivity index (χ4n) is 1.74. The van der Waals surface area contributed by atoms with Crippen molar-refractivity contribution in [2.75, 3.05) is 6.54 Å². The molecule has 1 aliphatic rings. The van der Waals surface area contributed by atoms with Gasteiger partial charge in [-0.25, -0.2) is 0 Å². The molecule has 0 aliphatic heterocycles. The second-order valence-corrected chi connectivity index (χ2v) is 5.39. The van der Waals surface area contributed by atoms with Gasteiger partial charge in [-0.05, 0) is 47.0 Å². The molecule has 90 valence electrons. The molecular weight excluding hydrogens is 302 g/mol. The monoisotopic (exact) mass is 313 g/mol. The molecule has 0 bridgehead atoms. The molecule has 1 aromatic carbocycles. The summed E-state index contributed by atoms with van der Waals surface area (Å²) in [6, 6.07) is 5.61. The normalized spacial score (nSPS) is 14.5. The number of hydrogen-bond acceptors (Lipinski definition) is 1. The van der Waals surface area contributed by atoms with Gasteiger partial charge in [-0.1, -0.05) is 17.7 Å². The van der Waals surface area contributed by atoms with Crippen LogP contribution in [-0.4, -0.2) is 23.4 Å². The largest absolute Gasteiger partial charge is 0.332 e. The Hall–Kier alpha value is -0.800. The van der Waals surface area contributed by atoms with Crippen molar-refractivity contribution in [3.63, 3.8) is 0 Å². The van der Waals surface area contributed by atoms with Gasteiger partial charge in [-0.15, -0.1) is 6.58 Å². The van der Waals surface area contributed by atoms with Crippen LogP contribution in [0.5, 0.6) is 0 Å². The summed E-state index contributed by atoms with van der Waals surface area (Å²) in [7, 11) is 0. The van der Waals surface area contributed by atoms with E-state index in [2.05, 4.69) is 22.5 Å². The summed E-state index contributed by atoms with van der Waals surface area (Å²) >= 11 is 9.25. The van der Waals surface area contributed by atoms with E-state index in [4.69, 9.17) is 11.6 Å². The average molecular weight is 315 g/mol. The van der Waals surface area contributed by atoms with Crippen LogP contribution in [-0.2, 0) is 0 Å². The van der Waals surface area contributed by atoms with Crippen LogP contribution in [0.3, 0.4) is 0 Å². The second kappa shape index (κ2) is 5.23. The smallest absolute Gasteiger partial charge is 0.255 e. The van der Waals surface area contributed by atoms with E-state index in [9.17, 15) is 4.79 Å². The molecule has 0 radical (unpaired) electrons. The maximum atomic E-state index is 12.4. The van der Waals surface area contributed by atoms with Gasteiger partial charge < -0.3 is 4.90 Å². The van der Waals surface area contributed by atoms with E-state index in [1.54, 1.807) is 24.3 Å². The minimum absolute atomic E-state index is 0.0379. The van der Waals surface area contributed by atoms with E-state index < -0.39 is 0 Å². The first-order chi connectivity index (χ1) is 8.13. The van der Waals surface area contributed by atoms with Gasteiger partial charge in [0.25, 0.3) is 5.91 Å². The first kappa shape index (κ1) is 12.7. The first-order valence-corrected chi connectivity index (χ1v) is 6.67. The van der Waals surface area contributed by atoms with Crippen LogP contribution in [0.2, 0.25) is 5.02 Å². The highest BCUT2D eigenvalue weighted by molar-refractivity contribution is 9.10. The van der Waals surface area contributed by atoms with Gasteiger partial charge in [0.15, 0.2) is 0 Å². The lowest BCUT2D eigenvalue weighted by Crippen LogP contribution is -2.33. The first-order valence-electron chi connectivity index (χ1n) is 5.50. The lowest BCUT2D eigenvalue weighted by molar-refractivity contribution is 0.0762. The second-order valence-electron chi connectivity index (χ2n) is 4.10. The Bertz CT molecular complexity index is 457. The summed E-state index contributed by atoms with van der Waals surface area (Å²) < 4.78 is 0.740. The Morgan fingerprint density at radius 3 is 2.82 bits per heavy atom. The van der Waals surface area contributed by atoms with Gasteiger partial charge in [0.05, 0.1) is 5.56 Å². The molecule has 2 nitrogen and oxygen atoms in total. The van der Waals surface area contributed by atoms with E-state index >= 15 is 0 Å². The van der Waals surface area contributed by atoms with E-state index in [1.165, 1.54) is 0 Å². The van der Waals surface area contributed by atoms with Crippen LogP contribution in [0.15, 0.2) is 35.3 Å². The molecule has 0 atom stereocenters. The van der Waals surface area contributed by atoms with E-state index in [-0.39, 0.29) is 5.91 Å². The van der Waals surface area contributed by atoms with Crippen molar-refractivity contribution in [3.05, 3.63) is 45.9 Å².